The van der Waals surface area contributed by atoms with E-state index in [1.807, 2.05) is 12.1 Å². The van der Waals surface area contributed by atoms with Gasteiger partial charge in [0, 0.05) is 42.3 Å². The van der Waals surface area contributed by atoms with Crippen molar-refractivity contribution in [2.24, 2.45) is 10.5 Å². The van der Waals surface area contributed by atoms with Crippen LogP contribution in [0.1, 0.15) is 60.9 Å². The van der Waals surface area contributed by atoms with E-state index < -0.39 is 0 Å². The number of benzene rings is 1. The molecule has 1 aromatic heterocycles. The third-order valence-corrected chi connectivity index (χ3v) is 6.73. The molecule has 1 spiro atoms. The minimum atomic E-state index is -0.277. The first kappa shape index (κ1) is 19.9. The van der Waals surface area contributed by atoms with Crippen molar-refractivity contribution in [2.45, 2.75) is 44.9 Å². The molecule has 5 nitrogen and oxygen atoms in total. The zero-order chi connectivity index (χ0) is 20.1. The summed E-state index contributed by atoms with van der Waals surface area (Å²) in [6.07, 6.45) is 14.3. The van der Waals surface area contributed by atoms with Gasteiger partial charge in [0.05, 0.1) is 11.2 Å². The standard InChI is InChI=1S/C23H27ClN4O/c24-21-16-20(28-14-10-23(11-15-28)8-2-1-3-9-23)5-4-19(21)17-26-27-22(29)18-6-12-25-13-7-18/h4-7,12-13,16-17H,1-3,8-11,14-15H2,(H,27,29). The van der Waals surface area contributed by atoms with Crippen molar-refractivity contribution in [3.63, 3.8) is 0 Å². The van der Waals surface area contributed by atoms with Crippen LogP contribution in [-0.4, -0.2) is 30.2 Å². The number of anilines is 1. The molecule has 6 heteroatoms. The van der Waals surface area contributed by atoms with Crippen LogP contribution in [0.2, 0.25) is 5.02 Å². The normalized spacial score (nSPS) is 18.9. The number of nitrogens with one attached hydrogen (secondary N) is 1. The number of piperidine rings is 1. The molecule has 4 rings (SSSR count). The van der Waals surface area contributed by atoms with Gasteiger partial charge in [-0.2, -0.15) is 5.10 Å². The fraction of sp³-hybridized carbons (Fsp3) is 0.435. The second-order valence-corrected chi connectivity index (χ2v) is 8.60. The maximum atomic E-state index is 12.0. The number of nitrogens with zero attached hydrogens (tertiary/aromatic N) is 3. The van der Waals surface area contributed by atoms with Gasteiger partial charge < -0.3 is 4.90 Å². The molecule has 2 fully saturated rings. The van der Waals surface area contributed by atoms with E-state index in [4.69, 9.17) is 11.6 Å². The molecule has 0 atom stereocenters. The van der Waals surface area contributed by atoms with Gasteiger partial charge in [0.2, 0.25) is 0 Å². The Balaban J connectivity index is 1.35. The van der Waals surface area contributed by atoms with Crippen LogP contribution in [0.15, 0.2) is 47.8 Å². The summed E-state index contributed by atoms with van der Waals surface area (Å²) in [5, 5.41) is 4.68. The Kier molecular flexibility index (Phi) is 6.14. The van der Waals surface area contributed by atoms with Crippen LogP contribution in [0.3, 0.4) is 0 Å². The van der Waals surface area contributed by atoms with E-state index in [1.54, 1.807) is 30.7 Å². The van der Waals surface area contributed by atoms with Crippen molar-refractivity contribution in [3.8, 4) is 0 Å². The fourth-order valence-electron chi connectivity index (χ4n) is 4.59. The van der Waals surface area contributed by atoms with Crippen LogP contribution in [0.25, 0.3) is 0 Å². The Hall–Kier alpha value is -2.40. The Labute approximate surface area is 177 Å². The number of hydrazone groups is 1. The van der Waals surface area contributed by atoms with Gasteiger partial charge in [-0.1, -0.05) is 30.9 Å². The van der Waals surface area contributed by atoms with Crippen LogP contribution in [0.4, 0.5) is 5.69 Å². The molecular formula is C23H27ClN4O. The first-order valence-corrected chi connectivity index (χ1v) is 10.8. The molecule has 1 aliphatic heterocycles. The summed E-state index contributed by atoms with van der Waals surface area (Å²) < 4.78 is 0. The molecule has 2 heterocycles. The second kappa shape index (κ2) is 8.95. The van der Waals surface area contributed by atoms with Gasteiger partial charge in [-0.25, -0.2) is 5.43 Å². The number of carbonyl (C=O) groups is 1. The van der Waals surface area contributed by atoms with E-state index in [1.165, 1.54) is 50.6 Å². The Bertz CT molecular complexity index is 868. The average molecular weight is 411 g/mol. The van der Waals surface area contributed by atoms with Gasteiger partial charge in [0.25, 0.3) is 5.91 Å². The number of rotatable bonds is 4. The molecule has 0 unspecified atom stereocenters. The molecule has 152 valence electrons. The molecule has 1 amide bonds. The molecule has 1 N–H and O–H groups in total. The number of aromatic nitrogens is 1. The highest BCUT2D eigenvalue weighted by Crippen LogP contribution is 2.45. The number of halogens is 1. The maximum absolute atomic E-state index is 12.0. The number of hydrogen-bond acceptors (Lipinski definition) is 4. The zero-order valence-corrected chi connectivity index (χ0v) is 17.4. The summed E-state index contributed by atoms with van der Waals surface area (Å²) >= 11 is 6.48. The molecule has 0 bridgehead atoms. The predicted molar refractivity (Wildman–Crippen MR) is 118 cm³/mol. The summed E-state index contributed by atoms with van der Waals surface area (Å²) in [5.41, 5.74) is 5.58. The smallest absolute Gasteiger partial charge is 0.271 e. The third kappa shape index (κ3) is 4.78. The average Bonchev–Trinajstić information content (AvgIpc) is 2.76. The number of hydrogen-bond donors (Lipinski definition) is 1. The summed E-state index contributed by atoms with van der Waals surface area (Å²) in [6, 6.07) is 9.35. The van der Waals surface area contributed by atoms with Crippen molar-refractivity contribution >= 4 is 29.4 Å². The van der Waals surface area contributed by atoms with Crippen LogP contribution < -0.4 is 10.3 Å². The highest BCUT2D eigenvalue weighted by atomic mass is 35.5. The summed E-state index contributed by atoms with van der Waals surface area (Å²) in [5.74, 6) is -0.277. The monoisotopic (exact) mass is 410 g/mol. The molecule has 2 aliphatic rings. The number of pyridine rings is 1. The second-order valence-electron chi connectivity index (χ2n) is 8.19. The lowest BCUT2D eigenvalue weighted by atomic mass is 9.68. The Morgan fingerprint density at radius 3 is 2.48 bits per heavy atom. The van der Waals surface area contributed by atoms with Crippen molar-refractivity contribution in [2.75, 3.05) is 18.0 Å². The van der Waals surface area contributed by atoms with Crippen LogP contribution >= 0.6 is 11.6 Å². The lowest BCUT2D eigenvalue weighted by Gasteiger charge is -2.45. The topological polar surface area (TPSA) is 57.6 Å². The van der Waals surface area contributed by atoms with Gasteiger partial charge in [0.15, 0.2) is 0 Å². The summed E-state index contributed by atoms with van der Waals surface area (Å²) in [4.78, 5) is 18.4. The quantitative estimate of drug-likeness (QED) is 0.566. The highest BCUT2D eigenvalue weighted by molar-refractivity contribution is 6.33. The maximum Gasteiger partial charge on any atom is 0.271 e. The van der Waals surface area contributed by atoms with Crippen LogP contribution in [0, 0.1) is 5.41 Å². The van der Waals surface area contributed by atoms with E-state index in [0.717, 1.165) is 18.7 Å². The third-order valence-electron chi connectivity index (χ3n) is 6.40. The van der Waals surface area contributed by atoms with E-state index in [-0.39, 0.29) is 5.91 Å². The van der Waals surface area contributed by atoms with E-state index in [2.05, 4.69) is 26.5 Å². The first-order chi connectivity index (χ1) is 14.2. The minimum Gasteiger partial charge on any atom is -0.371 e. The van der Waals surface area contributed by atoms with Crippen molar-refractivity contribution in [1.29, 1.82) is 0 Å². The number of carbonyl (C=O) groups excluding carboxylic acids is 1. The van der Waals surface area contributed by atoms with Crippen molar-refractivity contribution in [3.05, 3.63) is 58.9 Å². The van der Waals surface area contributed by atoms with Crippen LogP contribution in [-0.2, 0) is 0 Å². The molecule has 29 heavy (non-hydrogen) atoms. The fourth-order valence-corrected chi connectivity index (χ4v) is 4.81. The minimum absolute atomic E-state index is 0.277. The largest absolute Gasteiger partial charge is 0.371 e. The predicted octanol–water partition coefficient (Wildman–Crippen LogP) is 5.05. The SMILES string of the molecule is O=C(NN=Cc1ccc(N2CCC3(CCCCC3)CC2)cc1Cl)c1ccncc1. The van der Waals surface area contributed by atoms with Crippen LogP contribution in [0.5, 0.6) is 0 Å². The molecule has 2 aromatic rings. The van der Waals surface area contributed by atoms with Crippen molar-refractivity contribution < 1.29 is 4.79 Å². The van der Waals surface area contributed by atoms with Gasteiger partial charge >= 0.3 is 0 Å². The van der Waals surface area contributed by atoms with Gasteiger partial charge in [-0.05, 0) is 61.4 Å². The Morgan fingerprint density at radius 2 is 1.79 bits per heavy atom. The highest BCUT2D eigenvalue weighted by Gasteiger charge is 2.35. The van der Waals surface area contributed by atoms with E-state index in [0.29, 0.717) is 16.0 Å². The first-order valence-electron chi connectivity index (χ1n) is 10.4. The summed E-state index contributed by atoms with van der Waals surface area (Å²) in [6.45, 7) is 2.21. The van der Waals surface area contributed by atoms with Gasteiger partial charge in [0.1, 0.15) is 0 Å². The molecule has 1 saturated carbocycles. The molecule has 1 aromatic carbocycles. The Morgan fingerprint density at radius 1 is 1.07 bits per heavy atom. The lowest BCUT2D eigenvalue weighted by Crippen LogP contribution is -2.41. The van der Waals surface area contributed by atoms with Gasteiger partial charge in [-0.15, -0.1) is 0 Å². The molecule has 1 aliphatic carbocycles. The van der Waals surface area contributed by atoms with Crippen molar-refractivity contribution in [1.82, 2.24) is 10.4 Å². The molecule has 1 saturated heterocycles. The number of amides is 1. The van der Waals surface area contributed by atoms with Gasteiger partial charge in [-0.3, -0.25) is 9.78 Å². The zero-order valence-electron chi connectivity index (χ0n) is 16.6. The summed E-state index contributed by atoms with van der Waals surface area (Å²) in [7, 11) is 0. The molecule has 0 radical (unpaired) electrons. The van der Waals surface area contributed by atoms with E-state index >= 15 is 0 Å². The van der Waals surface area contributed by atoms with E-state index in [9.17, 15) is 4.79 Å². The lowest BCUT2D eigenvalue weighted by molar-refractivity contribution is 0.0955. The molecular weight excluding hydrogens is 384 g/mol.